The lowest BCUT2D eigenvalue weighted by atomic mass is 9.95. The van der Waals surface area contributed by atoms with Crippen LogP contribution in [0.3, 0.4) is 0 Å². The van der Waals surface area contributed by atoms with E-state index < -0.39 is 0 Å². The molecule has 7 nitrogen and oxygen atoms in total. The van der Waals surface area contributed by atoms with E-state index in [0.29, 0.717) is 32.6 Å². The Morgan fingerprint density at radius 1 is 1.03 bits per heavy atom. The summed E-state index contributed by atoms with van der Waals surface area (Å²) in [7, 11) is 0. The molecule has 0 saturated carbocycles. The van der Waals surface area contributed by atoms with Gasteiger partial charge in [-0.2, -0.15) is 0 Å². The molecule has 2 N–H and O–H groups in total. The number of rotatable bonds is 5. The van der Waals surface area contributed by atoms with Crippen molar-refractivity contribution >= 4 is 36.6 Å². The number of likely N-dealkylation sites (tertiary alicyclic amines) is 2. The molecule has 0 aliphatic carbocycles. The molecule has 0 aromatic heterocycles. The summed E-state index contributed by atoms with van der Waals surface area (Å²) in [6, 6.07) is 10.1. The van der Waals surface area contributed by atoms with Crippen LogP contribution in [0.15, 0.2) is 30.3 Å². The quantitative estimate of drug-likeness (QED) is 0.710. The highest BCUT2D eigenvalue weighted by Crippen LogP contribution is 2.29. The molecule has 168 valence electrons. The van der Waals surface area contributed by atoms with Crippen LogP contribution < -0.4 is 5.73 Å². The van der Waals surface area contributed by atoms with Crippen LogP contribution in [0.4, 0.5) is 0 Å². The maximum Gasteiger partial charge on any atom is 0.228 e. The summed E-state index contributed by atoms with van der Waals surface area (Å²) in [5, 5.41) is 0. The summed E-state index contributed by atoms with van der Waals surface area (Å²) >= 11 is 0. The standard InChI is InChI=1S/C21H30N4O3.2ClH/c22-19-15-25(14-18(19)16-4-2-1-3-5-16)21(27)17-12-20(26)24(13-17)7-6-23-8-10-28-11-9-23;;/h1-5,17-19H,6-15,22H2;2*1H/t17?,18-,19+;;/m0../s1. The van der Waals surface area contributed by atoms with Crippen molar-refractivity contribution in [3.8, 4) is 0 Å². The zero-order valence-corrected chi connectivity index (χ0v) is 18.8. The zero-order valence-electron chi connectivity index (χ0n) is 17.2. The summed E-state index contributed by atoms with van der Waals surface area (Å²) in [6.07, 6.45) is 0.323. The van der Waals surface area contributed by atoms with Gasteiger partial charge in [0.05, 0.1) is 19.1 Å². The first-order valence-corrected chi connectivity index (χ1v) is 10.3. The van der Waals surface area contributed by atoms with Crippen molar-refractivity contribution in [2.45, 2.75) is 18.4 Å². The number of morpholine rings is 1. The number of hydrogen-bond donors (Lipinski definition) is 1. The number of ether oxygens (including phenoxy) is 1. The Labute approximate surface area is 190 Å². The SMILES string of the molecule is Cl.Cl.N[C@@H]1CN(C(=O)C2CC(=O)N(CCN3CCOCC3)C2)C[C@H]1c1ccccc1. The molecule has 3 aliphatic rings. The van der Waals surface area contributed by atoms with Gasteiger partial charge in [-0.3, -0.25) is 14.5 Å². The summed E-state index contributed by atoms with van der Waals surface area (Å²) in [4.78, 5) is 31.5. The monoisotopic (exact) mass is 458 g/mol. The molecule has 1 aromatic carbocycles. The van der Waals surface area contributed by atoms with Crippen molar-refractivity contribution < 1.29 is 14.3 Å². The molecule has 3 aliphatic heterocycles. The molecule has 3 saturated heterocycles. The molecular formula is C21H32Cl2N4O3. The van der Waals surface area contributed by atoms with E-state index in [4.69, 9.17) is 10.5 Å². The van der Waals surface area contributed by atoms with Crippen molar-refractivity contribution in [3.63, 3.8) is 0 Å². The van der Waals surface area contributed by atoms with Crippen molar-refractivity contribution in [1.82, 2.24) is 14.7 Å². The Bertz CT molecular complexity index is 703. The first-order chi connectivity index (χ1) is 13.6. The van der Waals surface area contributed by atoms with Crippen molar-refractivity contribution in [1.29, 1.82) is 0 Å². The first kappa shape index (κ1) is 24.9. The highest BCUT2D eigenvalue weighted by molar-refractivity contribution is 5.89. The van der Waals surface area contributed by atoms with Gasteiger partial charge in [-0.15, -0.1) is 24.8 Å². The predicted molar refractivity (Wildman–Crippen MR) is 120 cm³/mol. The van der Waals surface area contributed by atoms with Gasteiger partial charge in [0.15, 0.2) is 0 Å². The minimum absolute atomic E-state index is 0. The number of nitrogens with zero attached hydrogens (tertiary/aromatic N) is 3. The van der Waals surface area contributed by atoms with E-state index in [-0.39, 0.29) is 54.5 Å². The van der Waals surface area contributed by atoms with Gasteiger partial charge in [0.1, 0.15) is 0 Å². The van der Waals surface area contributed by atoms with Gasteiger partial charge in [0.25, 0.3) is 0 Å². The normalized spacial score (nSPS) is 27.0. The van der Waals surface area contributed by atoms with E-state index in [1.807, 2.05) is 28.0 Å². The van der Waals surface area contributed by atoms with Crippen LogP contribution in [-0.2, 0) is 14.3 Å². The molecule has 1 aromatic rings. The van der Waals surface area contributed by atoms with Gasteiger partial charge in [0.2, 0.25) is 11.8 Å². The highest BCUT2D eigenvalue weighted by atomic mass is 35.5. The van der Waals surface area contributed by atoms with E-state index in [9.17, 15) is 9.59 Å². The lowest BCUT2D eigenvalue weighted by Crippen LogP contribution is -2.42. The minimum atomic E-state index is -0.237. The summed E-state index contributed by atoms with van der Waals surface area (Å²) in [5.74, 6) is 0.101. The summed E-state index contributed by atoms with van der Waals surface area (Å²) in [5.41, 5.74) is 7.52. The summed E-state index contributed by atoms with van der Waals surface area (Å²) < 4.78 is 5.36. The second-order valence-electron chi connectivity index (χ2n) is 8.12. The first-order valence-electron chi connectivity index (χ1n) is 10.3. The third kappa shape index (κ3) is 5.65. The molecule has 0 bridgehead atoms. The van der Waals surface area contributed by atoms with Gasteiger partial charge in [0, 0.05) is 64.2 Å². The van der Waals surface area contributed by atoms with Crippen molar-refractivity contribution in [2.75, 3.05) is 59.0 Å². The maximum atomic E-state index is 13.0. The molecule has 2 amide bonds. The molecule has 3 fully saturated rings. The van der Waals surface area contributed by atoms with Gasteiger partial charge >= 0.3 is 0 Å². The van der Waals surface area contributed by atoms with Crippen LogP contribution in [0, 0.1) is 5.92 Å². The number of benzene rings is 1. The Hall–Kier alpha value is -1.38. The molecular weight excluding hydrogens is 427 g/mol. The van der Waals surface area contributed by atoms with E-state index in [1.165, 1.54) is 5.56 Å². The van der Waals surface area contributed by atoms with Crippen molar-refractivity contribution in [2.24, 2.45) is 11.7 Å². The smallest absolute Gasteiger partial charge is 0.228 e. The van der Waals surface area contributed by atoms with Crippen LogP contribution >= 0.6 is 24.8 Å². The Morgan fingerprint density at radius 3 is 2.43 bits per heavy atom. The molecule has 1 unspecified atom stereocenters. The second kappa shape index (κ2) is 11.3. The average Bonchev–Trinajstić information content (AvgIpc) is 3.30. The average molecular weight is 459 g/mol. The van der Waals surface area contributed by atoms with E-state index in [2.05, 4.69) is 17.0 Å². The van der Waals surface area contributed by atoms with Crippen LogP contribution in [-0.4, -0.2) is 91.6 Å². The lowest BCUT2D eigenvalue weighted by Gasteiger charge is -2.28. The molecule has 3 atom stereocenters. The molecule has 4 rings (SSSR count). The highest BCUT2D eigenvalue weighted by Gasteiger charge is 2.40. The number of halogens is 2. The maximum absolute atomic E-state index is 13.0. The minimum Gasteiger partial charge on any atom is -0.379 e. The molecule has 3 heterocycles. The fourth-order valence-corrected chi connectivity index (χ4v) is 4.56. The van der Waals surface area contributed by atoms with E-state index in [0.717, 1.165) is 32.8 Å². The van der Waals surface area contributed by atoms with Crippen LogP contribution in [0.2, 0.25) is 0 Å². The predicted octanol–water partition coefficient (Wildman–Crippen LogP) is 0.964. The van der Waals surface area contributed by atoms with Gasteiger partial charge in [-0.05, 0) is 5.56 Å². The second-order valence-corrected chi connectivity index (χ2v) is 8.12. The summed E-state index contributed by atoms with van der Waals surface area (Å²) in [6.45, 7) is 6.62. The Kier molecular flexibility index (Phi) is 9.37. The molecule has 9 heteroatoms. The van der Waals surface area contributed by atoms with Crippen LogP contribution in [0.25, 0.3) is 0 Å². The number of hydrogen-bond acceptors (Lipinski definition) is 5. The number of carbonyl (C=O) groups is 2. The Morgan fingerprint density at radius 2 is 1.73 bits per heavy atom. The largest absolute Gasteiger partial charge is 0.379 e. The fraction of sp³-hybridized carbons (Fsp3) is 0.619. The van der Waals surface area contributed by atoms with E-state index in [1.54, 1.807) is 0 Å². The molecule has 0 spiro atoms. The van der Waals surface area contributed by atoms with Crippen LogP contribution in [0.5, 0.6) is 0 Å². The van der Waals surface area contributed by atoms with Crippen molar-refractivity contribution in [3.05, 3.63) is 35.9 Å². The third-order valence-electron chi connectivity index (χ3n) is 6.26. The molecule has 30 heavy (non-hydrogen) atoms. The number of carbonyl (C=O) groups excluding carboxylic acids is 2. The zero-order chi connectivity index (χ0) is 19.5. The van der Waals surface area contributed by atoms with E-state index >= 15 is 0 Å². The van der Waals surface area contributed by atoms with Gasteiger partial charge in [-0.25, -0.2) is 0 Å². The third-order valence-corrected chi connectivity index (χ3v) is 6.26. The number of nitrogens with two attached hydrogens (primary N) is 1. The molecule has 0 radical (unpaired) electrons. The van der Waals surface area contributed by atoms with Crippen LogP contribution in [0.1, 0.15) is 17.9 Å². The topological polar surface area (TPSA) is 79.1 Å². The van der Waals surface area contributed by atoms with Gasteiger partial charge in [-0.1, -0.05) is 30.3 Å². The van der Waals surface area contributed by atoms with Gasteiger partial charge < -0.3 is 20.3 Å². The lowest BCUT2D eigenvalue weighted by molar-refractivity contribution is -0.134. The Balaban J connectivity index is 0.00000160. The number of amides is 2. The fourth-order valence-electron chi connectivity index (χ4n) is 4.56.